The minimum atomic E-state index is -0.498. The number of rotatable bonds is 6. The Morgan fingerprint density at radius 3 is 2.00 bits per heavy atom. The van der Waals surface area contributed by atoms with Crippen LogP contribution in [0.3, 0.4) is 0 Å². The molecule has 6 heteroatoms. The predicted octanol–water partition coefficient (Wildman–Crippen LogP) is 5.00. The van der Waals surface area contributed by atoms with Gasteiger partial charge in [-0.2, -0.15) is 0 Å². The highest BCUT2D eigenvalue weighted by atomic mass is 32.1. The first kappa shape index (κ1) is 22.9. The van der Waals surface area contributed by atoms with E-state index in [1.54, 1.807) is 0 Å². The predicted molar refractivity (Wildman–Crippen MR) is 130 cm³/mol. The number of ether oxygens (including phenoxy) is 1. The number of fused-ring (bicyclic) bond motifs is 1. The van der Waals surface area contributed by atoms with Gasteiger partial charge in [0.15, 0.2) is 0 Å². The molecule has 4 rings (SSSR count). The summed E-state index contributed by atoms with van der Waals surface area (Å²) >= 11 is 1.38. The van der Waals surface area contributed by atoms with E-state index in [-0.39, 0.29) is 24.7 Å². The van der Waals surface area contributed by atoms with Gasteiger partial charge in [-0.15, -0.1) is 11.3 Å². The van der Waals surface area contributed by atoms with Crippen molar-refractivity contribution in [1.82, 2.24) is 0 Å². The van der Waals surface area contributed by atoms with Crippen LogP contribution < -0.4 is 4.90 Å². The van der Waals surface area contributed by atoms with Crippen molar-refractivity contribution in [3.05, 3.63) is 87.8 Å². The summed E-state index contributed by atoms with van der Waals surface area (Å²) in [6.45, 7) is 2.18. The zero-order valence-corrected chi connectivity index (χ0v) is 19.7. The van der Waals surface area contributed by atoms with Crippen LogP contribution in [0.4, 0.5) is 5.00 Å². The summed E-state index contributed by atoms with van der Waals surface area (Å²) in [6.07, 6.45) is 2.67. The largest absolute Gasteiger partial charge is 0.465 e. The van der Waals surface area contributed by atoms with Crippen molar-refractivity contribution in [3.8, 4) is 0 Å². The number of anilines is 1. The van der Waals surface area contributed by atoms with E-state index in [0.717, 1.165) is 40.8 Å². The maximum atomic E-state index is 13.5. The number of amides is 2. The fraction of sp³-hybridized carbons (Fsp3) is 0.296. The first-order valence-electron chi connectivity index (χ1n) is 11.1. The number of carbonyl (C=O) groups is 3. The number of hydrogen-bond acceptors (Lipinski definition) is 5. The topological polar surface area (TPSA) is 63.7 Å². The molecule has 0 bridgehead atoms. The molecule has 1 atom stereocenters. The van der Waals surface area contributed by atoms with Crippen molar-refractivity contribution in [2.24, 2.45) is 5.92 Å². The second kappa shape index (κ2) is 10.1. The van der Waals surface area contributed by atoms with E-state index in [9.17, 15) is 14.4 Å². The van der Waals surface area contributed by atoms with Crippen molar-refractivity contribution in [2.45, 2.75) is 39.0 Å². The van der Waals surface area contributed by atoms with E-state index in [1.165, 1.54) is 23.3 Å². The van der Waals surface area contributed by atoms with Crippen LogP contribution >= 0.6 is 11.3 Å². The normalized spacial score (nSPS) is 14.9. The van der Waals surface area contributed by atoms with Crippen molar-refractivity contribution in [3.63, 3.8) is 0 Å². The summed E-state index contributed by atoms with van der Waals surface area (Å²) in [6, 6.07) is 18.7. The van der Waals surface area contributed by atoms with Crippen molar-refractivity contribution in [2.75, 3.05) is 12.0 Å². The summed E-state index contributed by atoms with van der Waals surface area (Å²) < 4.78 is 5.09. The molecule has 1 unspecified atom stereocenters. The minimum absolute atomic E-state index is 0.0704. The van der Waals surface area contributed by atoms with E-state index < -0.39 is 5.97 Å². The number of thiophene rings is 1. The summed E-state index contributed by atoms with van der Waals surface area (Å²) in [5, 5.41) is 0.391. The molecular formula is C27H27NO4S. The SMILES string of the molecule is COC(=O)c1c(N(C(=O)Cc2ccccc2)C(=O)Cc2ccccc2)sc2c1CCC(C)C2. The molecule has 5 nitrogen and oxygen atoms in total. The number of esters is 1. The lowest BCUT2D eigenvalue weighted by atomic mass is 9.88. The third-order valence-corrected chi connectivity index (χ3v) is 7.22. The summed E-state index contributed by atoms with van der Waals surface area (Å²) in [5.74, 6) is -0.706. The van der Waals surface area contributed by atoms with Crippen LogP contribution in [0.5, 0.6) is 0 Å². The molecule has 0 N–H and O–H groups in total. The van der Waals surface area contributed by atoms with Crippen molar-refractivity contribution in [1.29, 1.82) is 0 Å². The highest BCUT2D eigenvalue weighted by Gasteiger charge is 2.35. The van der Waals surface area contributed by atoms with Gasteiger partial charge in [0.2, 0.25) is 11.8 Å². The van der Waals surface area contributed by atoms with Gasteiger partial charge < -0.3 is 4.74 Å². The number of nitrogens with zero attached hydrogens (tertiary/aromatic N) is 1. The zero-order valence-electron chi connectivity index (χ0n) is 18.9. The number of benzene rings is 2. The monoisotopic (exact) mass is 461 g/mol. The molecule has 0 saturated carbocycles. The molecule has 0 spiro atoms. The maximum absolute atomic E-state index is 13.5. The Bertz CT molecular complexity index is 1100. The van der Waals surface area contributed by atoms with Crippen LogP contribution in [0, 0.1) is 5.92 Å². The van der Waals surface area contributed by atoms with E-state index in [2.05, 4.69) is 6.92 Å². The molecule has 1 heterocycles. The zero-order chi connectivity index (χ0) is 23.4. The van der Waals surface area contributed by atoms with Gasteiger partial charge >= 0.3 is 5.97 Å². The highest BCUT2D eigenvalue weighted by Crippen LogP contribution is 2.42. The quantitative estimate of drug-likeness (QED) is 0.485. The van der Waals surface area contributed by atoms with Gasteiger partial charge in [0.1, 0.15) is 5.00 Å². The molecule has 2 aromatic carbocycles. The van der Waals surface area contributed by atoms with E-state index in [4.69, 9.17) is 4.74 Å². The second-order valence-electron chi connectivity index (χ2n) is 8.47. The smallest absolute Gasteiger partial charge is 0.341 e. The Kier molecular flexibility index (Phi) is 7.04. The van der Waals surface area contributed by atoms with Gasteiger partial charge in [-0.3, -0.25) is 9.59 Å². The van der Waals surface area contributed by atoms with Gasteiger partial charge in [-0.05, 0) is 41.9 Å². The number of hydrogen-bond donors (Lipinski definition) is 0. The molecule has 1 aliphatic rings. The van der Waals surface area contributed by atoms with Gasteiger partial charge in [0, 0.05) is 4.88 Å². The highest BCUT2D eigenvalue weighted by molar-refractivity contribution is 7.17. The molecule has 0 saturated heterocycles. The lowest BCUT2D eigenvalue weighted by Crippen LogP contribution is -2.39. The van der Waals surface area contributed by atoms with Gasteiger partial charge in [-0.1, -0.05) is 67.6 Å². The molecule has 0 fully saturated rings. The van der Waals surface area contributed by atoms with E-state index >= 15 is 0 Å². The van der Waals surface area contributed by atoms with Crippen LogP contribution in [0.15, 0.2) is 60.7 Å². The maximum Gasteiger partial charge on any atom is 0.341 e. The second-order valence-corrected chi connectivity index (χ2v) is 9.55. The van der Waals surface area contributed by atoms with E-state index in [1.807, 2.05) is 60.7 Å². The summed E-state index contributed by atoms with van der Waals surface area (Å²) in [7, 11) is 1.34. The van der Waals surface area contributed by atoms with E-state index in [0.29, 0.717) is 16.5 Å². The average Bonchev–Trinajstić information content (AvgIpc) is 3.17. The first-order valence-corrected chi connectivity index (χ1v) is 12.0. The van der Waals surface area contributed by atoms with Crippen LogP contribution in [0.2, 0.25) is 0 Å². The molecule has 2 amide bonds. The number of imide groups is 1. The minimum Gasteiger partial charge on any atom is -0.465 e. The van der Waals surface area contributed by atoms with Crippen LogP contribution in [0.25, 0.3) is 0 Å². The molecular weight excluding hydrogens is 434 g/mol. The lowest BCUT2D eigenvalue weighted by Gasteiger charge is -2.21. The number of methoxy groups -OCH3 is 1. The molecule has 0 aliphatic heterocycles. The summed E-state index contributed by atoms with van der Waals surface area (Å²) in [4.78, 5) is 42.2. The summed E-state index contributed by atoms with van der Waals surface area (Å²) in [5.41, 5.74) is 2.92. The lowest BCUT2D eigenvalue weighted by molar-refractivity contribution is -0.125. The Hall–Kier alpha value is -3.25. The molecule has 1 aromatic heterocycles. The fourth-order valence-electron chi connectivity index (χ4n) is 4.27. The average molecular weight is 462 g/mol. The number of carbonyl (C=O) groups excluding carboxylic acids is 3. The third-order valence-electron chi connectivity index (χ3n) is 5.98. The first-order chi connectivity index (χ1) is 16.0. The molecule has 170 valence electrons. The Morgan fingerprint density at radius 2 is 1.48 bits per heavy atom. The van der Waals surface area contributed by atoms with Gasteiger partial charge in [0.05, 0.1) is 25.5 Å². The van der Waals surface area contributed by atoms with Gasteiger partial charge in [-0.25, -0.2) is 9.69 Å². The van der Waals surface area contributed by atoms with Gasteiger partial charge in [0.25, 0.3) is 0 Å². The fourth-order valence-corrected chi connectivity index (χ4v) is 5.80. The molecule has 0 radical (unpaired) electrons. The molecule has 1 aliphatic carbocycles. The van der Waals surface area contributed by atoms with Crippen LogP contribution in [-0.2, 0) is 40.0 Å². The van der Waals surface area contributed by atoms with Crippen molar-refractivity contribution >= 4 is 34.1 Å². The Morgan fingerprint density at radius 1 is 0.939 bits per heavy atom. The molecule has 33 heavy (non-hydrogen) atoms. The Balaban J connectivity index is 1.77. The van der Waals surface area contributed by atoms with Crippen molar-refractivity contribution < 1.29 is 19.1 Å². The third kappa shape index (κ3) is 5.06. The Labute approximate surface area is 198 Å². The molecule has 3 aromatic rings. The standard InChI is InChI=1S/C27H27NO4S/c1-18-13-14-21-22(15-18)33-26(25(21)27(31)32-2)28(23(29)16-19-9-5-3-6-10-19)24(30)17-20-11-7-4-8-12-20/h3-12,18H,13-17H2,1-2H3. The van der Waals surface area contributed by atoms with Crippen LogP contribution in [-0.4, -0.2) is 24.9 Å². The van der Waals surface area contributed by atoms with Crippen LogP contribution in [0.1, 0.15) is 45.3 Å².